The van der Waals surface area contributed by atoms with Crippen molar-refractivity contribution in [2.45, 2.75) is 13.8 Å². The summed E-state index contributed by atoms with van der Waals surface area (Å²) >= 11 is 0. The molecule has 0 amide bonds. The van der Waals surface area contributed by atoms with Gasteiger partial charge in [-0.15, -0.1) is 0 Å². The van der Waals surface area contributed by atoms with Gasteiger partial charge in [0.05, 0.1) is 13.1 Å². The van der Waals surface area contributed by atoms with Crippen LogP contribution in [0, 0.1) is 13.8 Å². The van der Waals surface area contributed by atoms with Crippen molar-refractivity contribution >= 4 is 29.6 Å². The van der Waals surface area contributed by atoms with Gasteiger partial charge >= 0.3 is 0 Å². The third-order valence-corrected chi connectivity index (χ3v) is 10.8. The Hall–Kier alpha value is -5.90. The van der Waals surface area contributed by atoms with Crippen LogP contribution >= 0.6 is 7.77 Å². The number of hydrogen-bond acceptors (Lipinski definition) is 5. The predicted octanol–water partition coefficient (Wildman–Crippen LogP) is 12.5. The second kappa shape index (κ2) is 11.4. The zero-order valence-corrected chi connectivity index (χ0v) is 27.2. The molecule has 0 radical (unpaired) electrons. The van der Waals surface area contributed by atoms with Crippen molar-refractivity contribution in [3.8, 4) is 61.3 Å². The number of hydrogen-bond donors (Lipinski definition) is 0. The first kappa shape index (κ1) is 28.3. The van der Waals surface area contributed by atoms with E-state index in [4.69, 9.17) is 13.4 Å². The second-order valence-electron chi connectivity index (χ2n) is 12.2. The van der Waals surface area contributed by atoms with Crippen molar-refractivity contribution in [2.24, 2.45) is 0 Å². The second-order valence-corrected chi connectivity index (χ2v) is 13.9. The Balaban J connectivity index is 1.09. The van der Waals surface area contributed by atoms with E-state index in [1.807, 2.05) is 49.1 Å². The van der Waals surface area contributed by atoms with Crippen LogP contribution in [0.15, 0.2) is 149 Å². The lowest BCUT2D eigenvalue weighted by Gasteiger charge is -2.19. The summed E-state index contributed by atoms with van der Waals surface area (Å²) in [7, 11) is -1.23. The Kier molecular flexibility index (Phi) is 6.74. The van der Waals surface area contributed by atoms with Crippen LogP contribution in [0.4, 0.5) is 0 Å². The molecule has 48 heavy (non-hydrogen) atoms. The topological polar surface area (TPSA) is 61.3 Å². The average molecular weight is 641 g/mol. The van der Waals surface area contributed by atoms with Gasteiger partial charge in [0, 0.05) is 35.9 Å². The Morgan fingerprint density at radius 1 is 0.458 bits per heavy atom. The smallest absolute Gasteiger partial charge is 0.173 e. The molecule has 0 spiro atoms. The summed E-state index contributed by atoms with van der Waals surface area (Å²) in [6.07, 6.45) is 7.55. The molecule has 5 nitrogen and oxygen atoms in total. The maximum absolute atomic E-state index is 6.84. The van der Waals surface area contributed by atoms with Crippen LogP contribution in [0.1, 0.15) is 11.1 Å². The zero-order valence-electron chi connectivity index (χ0n) is 26.3. The summed E-state index contributed by atoms with van der Waals surface area (Å²) in [4.78, 5) is 8.70. The van der Waals surface area contributed by atoms with Crippen LogP contribution in [0.25, 0.3) is 71.7 Å². The molecule has 0 saturated carbocycles. The van der Waals surface area contributed by atoms with E-state index in [1.165, 1.54) is 0 Å². The van der Waals surface area contributed by atoms with Gasteiger partial charge in [-0.25, -0.2) is 0 Å². The van der Waals surface area contributed by atoms with Crippen LogP contribution in [0.3, 0.4) is 0 Å². The molecule has 0 fully saturated rings. The van der Waals surface area contributed by atoms with Gasteiger partial charge in [0.1, 0.15) is 22.2 Å². The summed E-state index contributed by atoms with van der Waals surface area (Å²) in [6, 6.07) is 40.0. The third kappa shape index (κ3) is 5.06. The maximum atomic E-state index is 6.84. The first-order valence-electron chi connectivity index (χ1n) is 15.9. The van der Waals surface area contributed by atoms with Gasteiger partial charge < -0.3 is 13.4 Å². The summed E-state index contributed by atoms with van der Waals surface area (Å²) in [5.74, 6) is 1.57. The van der Waals surface area contributed by atoms with Gasteiger partial charge in [-0.3, -0.25) is 9.97 Å². The van der Waals surface area contributed by atoms with Crippen LogP contribution < -0.4 is 4.74 Å². The van der Waals surface area contributed by atoms with Crippen molar-refractivity contribution in [2.75, 3.05) is 0 Å². The van der Waals surface area contributed by atoms with Gasteiger partial charge in [-0.05, 0) is 107 Å². The number of pyridine rings is 2. The van der Waals surface area contributed by atoms with Crippen LogP contribution in [0.2, 0.25) is 0 Å². The minimum absolute atomic E-state index is 0.687. The Morgan fingerprint density at radius 3 is 1.65 bits per heavy atom. The summed E-state index contributed by atoms with van der Waals surface area (Å²) < 4.78 is 20.0. The number of benzene rings is 5. The molecule has 0 saturated heterocycles. The molecule has 0 N–H and O–H groups in total. The van der Waals surface area contributed by atoms with Crippen molar-refractivity contribution < 1.29 is 13.4 Å². The molecule has 9 rings (SSSR count). The number of ether oxygens (including phenoxy) is 1. The molecule has 230 valence electrons. The number of rotatable bonds is 4. The molecule has 4 heterocycles. The van der Waals surface area contributed by atoms with E-state index < -0.39 is 7.77 Å². The number of fused-ring (bicyclic) bond motifs is 3. The third-order valence-electron chi connectivity index (χ3n) is 8.77. The number of aromatic nitrogens is 2. The van der Waals surface area contributed by atoms with Crippen LogP contribution in [0.5, 0.6) is 11.5 Å². The van der Waals surface area contributed by atoms with Crippen molar-refractivity contribution in [3.63, 3.8) is 0 Å². The fourth-order valence-corrected chi connectivity index (χ4v) is 8.28. The molecular weight excluding hydrogens is 611 g/mol. The fraction of sp³-hybridized carbons (Fsp3) is 0.0476. The van der Waals surface area contributed by atoms with Crippen molar-refractivity contribution in [1.82, 2.24) is 9.97 Å². The van der Waals surface area contributed by atoms with Crippen LogP contribution in [-0.2, 0) is 0 Å². The van der Waals surface area contributed by atoms with E-state index in [0.29, 0.717) is 11.2 Å². The Morgan fingerprint density at radius 2 is 1.02 bits per heavy atom. The lowest BCUT2D eigenvalue weighted by atomic mass is 10.0. The molecule has 1 unspecified atom stereocenters. The van der Waals surface area contributed by atoms with Crippen LogP contribution in [-0.4, -0.2) is 9.97 Å². The quantitative estimate of drug-likeness (QED) is 0.192. The summed E-state index contributed by atoms with van der Waals surface area (Å²) in [5, 5.41) is 1.98. The lowest BCUT2D eigenvalue weighted by Crippen LogP contribution is -1.92. The van der Waals surface area contributed by atoms with Gasteiger partial charge in [0.2, 0.25) is 0 Å². The molecule has 1 aliphatic rings. The van der Waals surface area contributed by atoms with Crippen molar-refractivity contribution in [1.29, 1.82) is 0 Å². The molecule has 6 heteroatoms. The van der Waals surface area contributed by atoms with E-state index in [9.17, 15) is 0 Å². The van der Waals surface area contributed by atoms with E-state index in [-0.39, 0.29) is 0 Å². The number of aryl methyl sites for hydroxylation is 2. The molecular formula is C42H29N2O3P. The molecule has 5 aromatic carbocycles. The van der Waals surface area contributed by atoms with Gasteiger partial charge in [0.15, 0.2) is 11.2 Å². The van der Waals surface area contributed by atoms with Gasteiger partial charge in [0.25, 0.3) is 0 Å². The standard InChI is InChI=1S/C42H29N2O3P/c1-26-18-34(24-43-22-26)30-10-6-28(7-11-30)32-14-16-36-39(20-32)45-37-4-3-5-38-42(37)48(47-36)41-17-15-33(21-40(41)46-38)29-8-12-31(13-9-29)35-19-27(2)23-44-25-35/h3-25H,1-2H3. The highest BCUT2D eigenvalue weighted by atomic mass is 31.1. The van der Waals surface area contributed by atoms with Gasteiger partial charge in [-0.2, -0.15) is 0 Å². The summed E-state index contributed by atoms with van der Waals surface area (Å²) in [5.41, 5.74) is 13.3. The Bertz CT molecular complexity index is 2560. The van der Waals surface area contributed by atoms with E-state index in [1.54, 1.807) is 0 Å². The minimum Gasteiger partial charge on any atom is -0.455 e. The largest absolute Gasteiger partial charge is 0.455 e. The SMILES string of the molecule is Cc1cncc(-c2ccc(-c3ccc4c(c3)Oc3cccc5oc6cc(-c7ccc(-c8cncc(C)c8)cc7)ccc6op-4c35)cc2)c1. The zero-order chi connectivity index (χ0) is 32.2. The molecule has 1 atom stereocenters. The van der Waals surface area contributed by atoms with E-state index >= 15 is 0 Å². The minimum atomic E-state index is -1.23. The van der Waals surface area contributed by atoms with E-state index in [2.05, 4.69) is 115 Å². The number of nitrogens with zero attached hydrogens (tertiary/aromatic N) is 2. The van der Waals surface area contributed by atoms with E-state index in [0.717, 1.165) is 83.1 Å². The fourth-order valence-electron chi connectivity index (χ4n) is 6.34. The molecule has 8 aromatic rings. The molecule has 3 aromatic heterocycles. The lowest BCUT2D eigenvalue weighted by molar-refractivity contribution is 0.489. The highest BCUT2D eigenvalue weighted by molar-refractivity contribution is 7.57. The molecule has 0 bridgehead atoms. The summed E-state index contributed by atoms with van der Waals surface area (Å²) in [6.45, 7) is 4.12. The highest BCUT2D eigenvalue weighted by Crippen LogP contribution is 2.58. The van der Waals surface area contributed by atoms with Gasteiger partial charge in [-0.1, -0.05) is 66.7 Å². The molecule has 1 aliphatic heterocycles. The monoisotopic (exact) mass is 640 g/mol. The van der Waals surface area contributed by atoms with Crippen molar-refractivity contribution in [3.05, 3.63) is 151 Å². The highest BCUT2D eigenvalue weighted by Gasteiger charge is 2.24. The predicted molar refractivity (Wildman–Crippen MR) is 195 cm³/mol. The average Bonchev–Trinajstić information content (AvgIpc) is 3.29. The normalized spacial score (nSPS) is 12.1. The Labute approximate surface area is 278 Å². The first-order chi connectivity index (χ1) is 23.6. The molecule has 0 aliphatic carbocycles. The first-order valence-corrected chi connectivity index (χ1v) is 17.1. The maximum Gasteiger partial charge on any atom is 0.173 e.